The Morgan fingerprint density at radius 3 is 2.21 bits per heavy atom. The number of methoxy groups -OCH3 is 3. The molecule has 24 heavy (non-hydrogen) atoms. The topological polar surface area (TPSA) is 32.6 Å². The van der Waals surface area contributed by atoms with Crippen molar-refractivity contribution in [2.75, 3.05) is 21.3 Å². The van der Waals surface area contributed by atoms with E-state index < -0.39 is 0 Å². The molecule has 124 valence electrons. The second kappa shape index (κ2) is 7.13. The molecule has 0 bridgehead atoms. The van der Waals surface area contributed by atoms with Crippen molar-refractivity contribution in [2.45, 2.75) is 6.54 Å². The van der Waals surface area contributed by atoms with Gasteiger partial charge in [0, 0.05) is 30.1 Å². The Balaban J connectivity index is 1.95. The van der Waals surface area contributed by atoms with Crippen molar-refractivity contribution in [2.24, 2.45) is 0 Å². The normalized spacial score (nSPS) is 10.5. The van der Waals surface area contributed by atoms with Crippen LogP contribution in [-0.4, -0.2) is 25.9 Å². The lowest BCUT2D eigenvalue weighted by Crippen LogP contribution is -1.97. The van der Waals surface area contributed by atoms with Crippen LogP contribution in [-0.2, 0) is 6.54 Å². The molecule has 0 fully saturated rings. The van der Waals surface area contributed by atoms with Crippen molar-refractivity contribution in [3.63, 3.8) is 0 Å². The van der Waals surface area contributed by atoms with Crippen LogP contribution < -0.4 is 14.2 Å². The molecule has 0 spiro atoms. The van der Waals surface area contributed by atoms with E-state index in [0.29, 0.717) is 17.2 Å². The van der Waals surface area contributed by atoms with Crippen LogP contribution in [0.5, 0.6) is 17.2 Å². The number of benzene rings is 2. The van der Waals surface area contributed by atoms with Gasteiger partial charge in [0.2, 0.25) is 5.75 Å². The summed E-state index contributed by atoms with van der Waals surface area (Å²) in [6.07, 6.45) is 4.18. The van der Waals surface area contributed by atoms with E-state index in [1.165, 1.54) is 5.56 Å². The van der Waals surface area contributed by atoms with Crippen LogP contribution in [0.1, 0.15) is 5.56 Å². The van der Waals surface area contributed by atoms with E-state index in [1.807, 2.05) is 18.2 Å². The number of hydrogen-bond acceptors (Lipinski definition) is 3. The number of nitrogens with zero attached hydrogens (tertiary/aromatic N) is 1. The molecule has 0 aliphatic rings. The Kier molecular flexibility index (Phi) is 4.75. The Morgan fingerprint density at radius 1 is 0.792 bits per heavy atom. The minimum absolute atomic E-state index is 0.605. The zero-order valence-corrected chi connectivity index (χ0v) is 14.2. The second-order valence-electron chi connectivity index (χ2n) is 5.44. The highest BCUT2D eigenvalue weighted by Crippen LogP contribution is 2.44. The summed E-state index contributed by atoms with van der Waals surface area (Å²) >= 11 is 0. The van der Waals surface area contributed by atoms with Crippen LogP contribution in [0, 0.1) is 0 Å². The molecule has 3 aromatic rings. The lowest BCUT2D eigenvalue weighted by Gasteiger charge is -2.15. The molecular weight excluding hydrogens is 302 g/mol. The third-order valence-electron chi connectivity index (χ3n) is 3.97. The molecule has 4 heteroatoms. The molecule has 0 saturated carbocycles. The van der Waals surface area contributed by atoms with Crippen molar-refractivity contribution in [1.82, 2.24) is 4.57 Å². The highest BCUT2D eigenvalue weighted by Gasteiger charge is 2.17. The maximum atomic E-state index is 5.58. The van der Waals surface area contributed by atoms with Crippen LogP contribution in [0.25, 0.3) is 11.1 Å². The SMILES string of the molecule is COc1ccc(-c2ccn(Cc3ccccc3)c2)c(OC)c1OC. The zero-order chi connectivity index (χ0) is 16.9. The summed E-state index contributed by atoms with van der Waals surface area (Å²) in [4.78, 5) is 0. The van der Waals surface area contributed by atoms with Gasteiger partial charge < -0.3 is 18.8 Å². The van der Waals surface area contributed by atoms with Crippen molar-refractivity contribution < 1.29 is 14.2 Å². The lowest BCUT2D eigenvalue weighted by atomic mass is 10.1. The second-order valence-corrected chi connectivity index (χ2v) is 5.44. The number of hydrogen-bond donors (Lipinski definition) is 0. The Bertz CT molecular complexity index is 809. The van der Waals surface area contributed by atoms with Gasteiger partial charge in [-0.3, -0.25) is 0 Å². The molecule has 3 rings (SSSR count). The first-order valence-corrected chi connectivity index (χ1v) is 7.76. The predicted octanol–water partition coefficient (Wildman–Crippen LogP) is 4.23. The summed E-state index contributed by atoms with van der Waals surface area (Å²) in [6.45, 7) is 0.830. The lowest BCUT2D eigenvalue weighted by molar-refractivity contribution is 0.325. The van der Waals surface area contributed by atoms with E-state index in [4.69, 9.17) is 14.2 Å². The third kappa shape index (κ3) is 3.08. The molecule has 0 N–H and O–H groups in total. The largest absolute Gasteiger partial charge is 0.493 e. The maximum Gasteiger partial charge on any atom is 0.203 e. The van der Waals surface area contributed by atoms with Crippen LogP contribution in [0.4, 0.5) is 0 Å². The highest BCUT2D eigenvalue weighted by atomic mass is 16.5. The van der Waals surface area contributed by atoms with E-state index in [9.17, 15) is 0 Å². The number of aromatic nitrogens is 1. The third-order valence-corrected chi connectivity index (χ3v) is 3.97. The van der Waals surface area contributed by atoms with Crippen molar-refractivity contribution >= 4 is 0 Å². The summed E-state index contributed by atoms with van der Waals surface area (Å²) in [7, 11) is 4.87. The van der Waals surface area contributed by atoms with Gasteiger partial charge in [-0.15, -0.1) is 0 Å². The summed E-state index contributed by atoms with van der Waals surface area (Å²) in [5.41, 5.74) is 3.31. The van der Waals surface area contributed by atoms with Crippen LogP contribution in [0.2, 0.25) is 0 Å². The molecule has 0 atom stereocenters. The molecule has 1 aromatic heterocycles. The fraction of sp³-hybridized carbons (Fsp3) is 0.200. The van der Waals surface area contributed by atoms with Crippen molar-refractivity contribution in [1.29, 1.82) is 0 Å². The van der Waals surface area contributed by atoms with E-state index in [-0.39, 0.29) is 0 Å². The Hall–Kier alpha value is -2.88. The average molecular weight is 323 g/mol. The molecule has 0 amide bonds. The van der Waals surface area contributed by atoms with Crippen molar-refractivity contribution in [3.8, 4) is 28.4 Å². The number of ether oxygens (including phenoxy) is 3. The first-order chi connectivity index (χ1) is 11.8. The zero-order valence-electron chi connectivity index (χ0n) is 14.2. The molecule has 0 unspecified atom stereocenters. The fourth-order valence-electron chi connectivity index (χ4n) is 2.82. The summed E-state index contributed by atoms with van der Waals surface area (Å²) in [5, 5.41) is 0. The van der Waals surface area contributed by atoms with Gasteiger partial charge in [-0.05, 0) is 23.8 Å². The first kappa shape index (κ1) is 16.0. The molecule has 0 radical (unpaired) electrons. The average Bonchev–Trinajstić information content (AvgIpc) is 3.09. The standard InChI is InChI=1S/C20H21NO3/c1-22-18-10-9-17(19(23-2)20(18)24-3)16-11-12-21(14-16)13-15-7-5-4-6-8-15/h4-12,14H,13H2,1-3H3. The highest BCUT2D eigenvalue weighted by molar-refractivity contribution is 5.76. The maximum absolute atomic E-state index is 5.58. The van der Waals surface area contributed by atoms with Gasteiger partial charge in [0.25, 0.3) is 0 Å². The molecule has 0 aliphatic carbocycles. The fourth-order valence-corrected chi connectivity index (χ4v) is 2.82. The monoisotopic (exact) mass is 323 g/mol. The van der Waals surface area contributed by atoms with Crippen LogP contribution >= 0.6 is 0 Å². The van der Waals surface area contributed by atoms with Crippen LogP contribution in [0.15, 0.2) is 60.9 Å². The Labute approximate surface area is 142 Å². The molecule has 2 aromatic carbocycles. The van der Waals surface area contributed by atoms with Gasteiger partial charge in [0.05, 0.1) is 21.3 Å². The van der Waals surface area contributed by atoms with Crippen molar-refractivity contribution in [3.05, 3.63) is 66.5 Å². The van der Waals surface area contributed by atoms with Gasteiger partial charge in [-0.1, -0.05) is 30.3 Å². The number of rotatable bonds is 6. The van der Waals surface area contributed by atoms with E-state index in [0.717, 1.165) is 17.7 Å². The van der Waals surface area contributed by atoms with Gasteiger partial charge in [0.15, 0.2) is 11.5 Å². The predicted molar refractivity (Wildman–Crippen MR) is 95.1 cm³/mol. The van der Waals surface area contributed by atoms with E-state index >= 15 is 0 Å². The van der Waals surface area contributed by atoms with Crippen LogP contribution in [0.3, 0.4) is 0 Å². The summed E-state index contributed by atoms with van der Waals surface area (Å²) in [6, 6.07) is 16.3. The van der Waals surface area contributed by atoms with Gasteiger partial charge in [-0.2, -0.15) is 0 Å². The molecule has 1 heterocycles. The summed E-state index contributed by atoms with van der Waals surface area (Å²) in [5.74, 6) is 1.93. The quantitative estimate of drug-likeness (QED) is 0.680. The van der Waals surface area contributed by atoms with E-state index in [1.54, 1.807) is 21.3 Å². The van der Waals surface area contributed by atoms with Gasteiger partial charge >= 0.3 is 0 Å². The smallest absolute Gasteiger partial charge is 0.203 e. The van der Waals surface area contributed by atoms with Gasteiger partial charge in [0.1, 0.15) is 0 Å². The minimum Gasteiger partial charge on any atom is -0.493 e. The van der Waals surface area contributed by atoms with E-state index in [2.05, 4.69) is 47.3 Å². The minimum atomic E-state index is 0.605. The molecule has 0 aliphatic heterocycles. The Morgan fingerprint density at radius 2 is 1.54 bits per heavy atom. The first-order valence-electron chi connectivity index (χ1n) is 7.76. The molecule has 4 nitrogen and oxygen atoms in total. The summed E-state index contributed by atoms with van der Waals surface area (Å²) < 4.78 is 18.5. The molecule has 0 saturated heterocycles. The molecular formula is C20H21NO3. The van der Waals surface area contributed by atoms with Gasteiger partial charge in [-0.25, -0.2) is 0 Å².